The average molecular weight is 559 g/mol. The highest BCUT2D eigenvalue weighted by atomic mass is 35.5. The molecular weight excluding hydrogens is 516 g/mol. The van der Waals surface area contributed by atoms with Crippen LogP contribution in [-0.2, 0) is 14.3 Å². The van der Waals surface area contributed by atoms with Crippen molar-refractivity contribution in [3.05, 3.63) is 35.5 Å². The van der Waals surface area contributed by atoms with E-state index < -0.39 is 5.54 Å². The molecule has 2 aliphatic rings. The van der Waals surface area contributed by atoms with Crippen LogP contribution >= 0.6 is 11.6 Å². The lowest BCUT2D eigenvalue weighted by molar-refractivity contribution is -0.149. The van der Waals surface area contributed by atoms with Gasteiger partial charge in [-0.05, 0) is 90.0 Å². The zero-order valence-electron chi connectivity index (χ0n) is 23.4. The van der Waals surface area contributed by atoms with Crippen LogP contribution in [0, 0.1) is 5.92 Å². The lowest BCUT2D eigenvalue weighted by Crippen LogP contribution is -2.50. The Labute approximate surface area is 237 Å². The Morgan fingerprint density at radius 3 is 2.67 bits per heavy atom. The fraction of sp³-hybridized carbons (Fsp3) is 0.621. The molecule has 0 spiro atoms. The molecule has 1 saturated carbocycles. The number of aromatic nitrogens is 2. The zero-order chi connectivity index (χ0) is 27.9. The average Bonchev–Trinajstić information content (AvgIpc) is 2.93. The highest BCUT2D eigenvalue weighted by Crippen LogP contribution is 2.31. The molecule has 2 aromatic rings. The summed E-state index contributed by atoms with van der Waals surface area (Å²) in [6, 6.07) is 8.19. The molecule has 5 N–H and O–H groups in total. The largest absolute Gasteiger partial charge is 0.465 e. The van der Waals surface area contributed by atoms with Gasteiger partial charge in [-0.1, -0.05) is 17.7 Å². The third-order valence-electron chi connectivity index (χ3n) is 7.81. The van der Waals surface area contributed by atoms with E-state index >= 15 is 0 Å². The highest BCUT2D eigenvalue weighted by molar-refractivity contribution is 6.33. The van der Waals surface area contributed by atoms with Crippen molar-refractivity contribution in [3.8, 4) is 11.3 Å². The Morgan fingerprint density at radius 1 is 1.21 bits per heavy atom. The second-order valence-electron chi connectivity index (χ2n) is 11.4. The maximum atomic E-state index is 12.1. The van der Waals surface area contributed by atoms with Crippen molar-refractivity contribution in [1.29, 1.82) is 0 Å². The summed E-state index contributed by atoms with van der Waals surface area (Å²) in [6.45, 7) is 8.81. The molecule has 0 bridgehead atoms. The molecule has 0 unspecified atom stereocenters. The van der Waals surface area contributed by atoms with E-state index in [2.05, 4.69) is 20.9 Å². The van der Waals surface area contributed by atoms with Crippen molar-refractivity contribution in [2.24, 2.45) is 11.7 Å². The predicted molar refractivity (Wildman–Crippen MR) is 156 cm³/mol. The summed E-state index contributed by atoms with van der Waals surface area (Å²) < 4.78 is 10.6. The molecule has 2 fully saturated rings. The fourth-order valence-corrected chi connectivity index (χ4v) is 5.32. The van der Waals surface area contributed by atoms with E-state index in [1.807, 2.05) is 45.0 Å². The number of pyridine rings is 2. The number of carbonyl (C=O) groups is 1. The number of carbonyl (C=O) groups excluding carboxylic acids is 1. The molecule has 0 aromatic carbocycles. The molecule has 4 rings (SSSR count). The number of nitrogens with one attached hydrogen (secondary N) is 3. The Kier molecular flexibility index (Phi) is 10.0. The lowest BCUT2D eigenvalue weighted by Gasteiger charge is -2.33. The van der Waals surface area contributed by atoms with Crippen molar-refractivity contribution in [2.75, 3.05) is 43.5 Å². The molecule has 1 saturated heterocycles. The third kappa shape index (κ3) is 8.27. The van der Waals surface area contributed by atoms with Crippen molar-refractivity contribution >= 4 is 29.2 Å². The summed E-state index contributed by atoms with van der Waals surface area (Å²) in [7, 11) is 0. The van der Waals surface area contributed by atoms with Gasteiger partial charge in [-0.15, -0.1) is 0 Å². The van der Waals surface area contributed by atoms with Crippen LogP contribution in [0.4, 0.5) is 11.6 Å². The molecule has 2 aromatic heterocycles. The topological polar surface area (TPSA) is 123 Å². The number of ether oxygens (including phenoxy) is 2. The van der Waals surface area contributed by atoms with Gasteiger partial charge in [-0.3, -0.25) is 4.79 Å². The first-order valence-electron chi connectivity index (χ1n) is 14.1. The van der Waals surface area contributed by atoms with Gasteiger partial charge in [0.05, 0.1) is 17.3 Å². The van der Waals surface area contributed by atoms with Gasteiger partial charge in [0.2, 0.25) is 0 Å². The number of esters is 1. The van der Waals surface area contributed by atoms with Gasteiger partial charge in [0.15, 0.2) is 0 Å². The third-order valence-corrected chi connectivity index (χ3v) is 8.11. The summed E-state index contributed by atoms with van der Waals surface area (Å²) in [5.41, 5.74) is 7.19. The summed E-state index contributed by atoms with van der Waals surface area (Å²) >= 11 is 6.55. The van der Waals surface area contributed by atoms with Gasteiger partial charge < -0.3 is 31.2 Å². The molecule has 214 valence electrons. The van der Waals surface area contributed by atoms with Crippen molar-refractivity contribution < 1.29 is 14.3 Å². The van der Waals surface area contributed by atoms with Gasteiger partial charge in [0, 0.05) is 43.1 Å². The molecule has 0 atom stereocenters. The quantitative estimate of drug-likeness (QED) is 0.292. The van der Waals surface area contributed by atoms with Crippen LogP contribution in [0.15, 0.2) is 30.5 Å². The maximum absolute atomic E-state index is 12.1. The Morgan fingerprint density at radius 2 is 1.95 bits per heavy atom. The van der Waals surface area contributed by atoms with E-state index in [-0.39, 0.29) is 11.5 Å². The molecule has 9 nitrogen and oxygen atoms in total. The minimum absolute atomic E-state index is 0.205. The van der Waals surface area contributed by atoms with E-state index in [1.54, 1.807) is 6.20 Å². The molecule has 1 aliphatic carbocycles. The molecule has 1 aliphatic heterocycles. The molecule has 3 heterocycles. The monoisotopic (exact) mass is 558 g/mol. The standard InChI is InChI=1S/C29H43ClN6O3/c1-4-39-27(37)28(2,3)34-17-20-8-10-21(11-9-20)35-26-16-22(23(30)18-32-26)24-6-5-7-25(36-24)33-19-29(31)12-14-38-15-13-29/h5-7,16,18,20-21,34H,4,8-15,17,19,31H2,1-3H3,(H,32,35)(H,33,36)/t20-,21-. The van der Waals surface area contributed by atoms with Crippen LogP contribution < -0.4 is 21.7 Å². The molecular formula is C29H43ClN6O3. The van der Waals surface area contributed by atoms with Crippen LogP contribution in [0.5, 0.6) is 0 Å². The number of halogens is 1. The van der Waals surface area contributed by atoms with Gasteiger partial charge in [-0.2, -0.15) is 0 Å². The summed E-state index contributed by atoms with van der Waals surface area (Å²) in [4.78, 5) is 21.5. The van der Waals surface area contributed by atoms with Crippen LogP contribution in [0.1, 0.15) is 59.3 Å². The predicted octanol–water partition coefficient (Wildman–Crippen LogP) is 4.62. The van der Waals surface area contributed by atoms with Crippen LogP contribution in [0.25, 0.3) is 11.3 Å². The Hall–Kier alpha value is -2.46. The minimum Gasteiger partial charge on any atom is -0.465 e. The first-order chi connectivity index (χ1) is 18.7. The highest BCUT2D eigenvalue weighted by Gasteiger charge is 2.31. The Balaban J connectivity index is 1.31. The first-order valence-corrected chi connectivity index (χ1v) is 14.5. The Bertz CT molecular complexity index is 1100. The first kappa shape index (κ1) is 29.5. The van der Waals surface area contributed by atoms with Crippen molar-refractivity contribution in [1.82, 2.24) is 15.3 Å². The van der Waals surface area contributed by atoms with E-state index in [0.29, 0.717) is 43.3 Å². The number of nitrogens with two attached hydrogens (primary N) is 1. The summed E-state index contributed by atoms with van der Waals surface area (Å²) in [5, 5.41) is 11.0. The van der Waals surface area contributed by atoms with Crippen molar-refractivity contribution in [3.63, 3.8) is 0 Å². The van der Waals surface area contributed by atoms with Crippen LogP contribution in [0.2, 0.25) is 5.02 Å². The number of nitrogens with zero attached hydrogens (tertiary/aromatic N) is 2. The fourth-order valence-electron chi connectivity index (χ4n) is 5.12. The number of anilines is 2. The van der Waals surface area contributed by atoms with Gasteiger partial charge in [-0.25, -0.2) is 9.97 Å². The van der Waals surface area contributed by atoms with Crippen LogP contribution in [-0.4, -0.2) is 66.0 Å². The van der Waals surface area contributed by atoms with E-state index in [1.165, 1.54) is 0 Å². The van der Waals surface area contributed by atoms with E-state index in [0.717, 1.165) is 68.0 Å². The van der Waals surface area contributed by atoms with E-state index in [4.69, 9.17) is 31.8 Å². The molecule has 0 radical (unpaired) electrons. The second kappa shape index (κ2) is 13.3. The summed E-state index contributed by atoms with van der Waals surface area (Å²) in [6.07, 6.45) is 7.57. The van der Waals surface area contributed by atoms with Crippen LogP contribution in [0.3, 0.4) is 0 Å². The van der Waals surface area contributed by atoms with Gasteiger partial charge >= 0.3 is 5.97 Å². The van der Waals surface area contributed by atoms with Gasteiger partial charge in [0.1, 0.15) is 17.2 Å². The molecule has 0 amide bonds. The summed E-state index contributed by atoms with van der Waals surface area (Å²) in [5.74, 6) is 1.88. The molecule has 39 heavy (non-hydrogen) atoms. The van der Waals surface area contributed by atoms with Crippen molar-refractivity contribution in [2.45, 2.75) is 76.4 Å². The number of hydrogen-bond acceptors (Lipinski definition) is 9. The second-order valence-corrected chi connectivity index (χ2v) is 11.8. The SMILES string of the molecule is CCOC(=O)C(C)(C)NC[C@H]1CC[C@H](Nc2cc(-c3cccc(NCC4(N)CCOCC4)n3)c(Cl)cn2)CC1. The number of rotatable bonds is 11. The smallest absolute Gasteiger partial charge is 0.325 e. The molecule has 10 heteroatoms. The maximum Gasteiger partial charge on any atom is 0.325 e. The minimum atomic E-state index is -0.674. The number of hydrogen-bond donors (Lipinski definition) is 4. The lowest BCUT2D eigenvalue weighted by atomic mass is 9.85. The van der Waals surface area contributed by atoms with E-state index in [9.17, 15) is 4.79 Å². The zero-order valence-corrected chi connectivity index (χ0v) is 24.2. The van der Waals surface area contributed by atoms with Gasteiger partial charge in [0.25, 0.3) is 0 Å². The normalized spacial score (nSPS) is 21.3.